The summed E-state index contributed by atoms with van der Waals surface area (Å²) in [6, 6.07) is 0. The van der Waals surface area contributed by atoms with Crippen molar-refractivity contribution in [2.24, 2.45) is 0 Å². The summed E-state index contributed by atoms with van der Waals surface area (Å²) in [5.74, 6) is -5.51. The number of carbonyl (C=O) groups is 2. The summed E-state index contributed by atoms with van der Waals surface area (Å²) in [5.41, 5.74) is 0. The Kier molecular flexibility index (Phi) is 10.5. The molecular weight excluding hydrogens is 290 g/mol. The molecule has 0 aliphatic carbocycles. The molecule has 0 atom stereocenters. The van der Waals surface area contributed by atoms with Crippen molar-refractivity contribution in [2.45, 2.75) is 12.4 Å². The number of aliphatic carboxylic acids is 2. The summed E-state index contributed by atoms with van der Waals surface area (Å²) >= 11 is 0.750. The Morgan fingerprint density at radius 3 is 0.812 bits per heavy atom. The predicted molar refractivity (Wildman–Crippen MR) is 28.1 cm³/mol. The average molecular weight is 292 g/mol. The monoisotopic (exact) mass is 292 g/mol. The molecule has 0 amide bonds. The molecule has 16 heavy (non-hydrogen) atoms. The third kappa shape index (κ3) is 15.5. The number of alkyl halides is 6. The zero-order valence-electron chi connectivity index (χ0n) is 6.89. The van der Waals surface area contributed by atoms with Gasteiger partial charge in [0.2, 0.25) is 0 Å². The number of hydrogen-bond donors (Lipinski definition) is 2. The molecule has 0 saturated carbocycles. The van der Waals surface area contributed by atoms with Gasteiger partial charge in [-0.1, -0.05) is 0 Å². The first-order valence-electron chi connectivity index (χ1n) is 2.69. The Balaban J connectivity index is -0.000000183. The van der Waals surface area contributed by atoms with Gasteiger partial charge in [-0.3, -0.25) is 0 Å². The van der Waals surface area contributed by atoms with Gasteiger partial charge < -0.3 is 10.2 Å². The molecule has 94 valence electrons. The van der Waals surface area contributed by atoms with E-state index < -0.39 is 24.3 Å². The third-order valence-electron chi connectivity index (χ3n) is 0.485. The predicted octanol–water partition coefficient (Wildman–Crippen LogP) is 1.15. The van der Waals surface area contributed by atoms with Crippen LogP contribution in [0.25, 0.3) is 0 Å². The summed E-state index contributed by atoms with van der Waals surface area (Å²) in [6.07, 6.45) is -10.2. The fourth-order valence-corrected chi connectivity index (χ4v) is 0. The normalized spacial score (nSPS) is 10.1. The average Bonchev–Trinajstić information content (AvgIpc) is 2.05. The van der Waals surface area contributed by atoms with Gasteiger partial charge in [0.15, 0.2) is 0 Å². The molecule has 0 heterocycles. The van der Waals surface area contributed by atoms with Crippen molar-refractivity contribution in [3.63, 3.8) is 0 Å². The minimum absolute atomic E-state index is 0.750. The van der Waals surface area contributed by atoms with Crippen LogP contribution in [-0.4, -0.2) is 34.5 Å². The van der Waals surface area contributed by atoms with Crippen molar-refractivity contribution in [2.75, 3.05) is 0 Å². The zero-order chi connectivity index (χ0) is 14.2. The Hall–Kier alpha value is -0.966. The van der Waals surface area contributed by atoms with Crippen LogP contribution in [-0.2, 0) is 33.3 Å². The van der Waals surface area contributed by atoms with Crippen LogP contribution in [0.5, 0.6) is 0 Å². The van der Waals surface area contributed by atoms with Gasteiger partial charge >= 0.3 is 48.0 Å². The third-order valence-corrected chi connectivity index (χ3v) is 0.485. The molecule has 0 bridgehead atoms. The first-order valence-corrected chi connectivity index (χ1v) is 3.33. The van der Waals surface area contributed by atoms with Crippen LogP contribution in [0.1, 0.15) is 0 Å². The zero-order valence-corrected chi connectivity index (χ0v) is 8.45. The molecule has 0 aromatic heterocycles. The van der Waals surface area contributed by atoms with Gasteiger partial charge in [-0.05, 0) is 0 Å². The molecule has 0 radical (unpaired) electrons. The number of rotatable bonds is 0. The van der Waals surface area contributed by atoms with E-state index in [1.165, 1.54) is 0 Å². The van der Waals surface area contributed by atoms with Crippen LogP contribution >= 0.6 is 0 Å². The van der Waals surface area contributed by atoms with E-state index in [9.17, 15) is 26.3 Å². The number of halogens is 6. The van der Waals surface area contributed by atoms with Crippen LogP contribution in [0, 0.1) is 0 Å². The molecule has 2 N–H and O–H groups in total. The second-order valence-electron chi connectivity index (χ2n) is 1.61. The molecular formula is C4H2F6O5Ti. The van der Waals surface area contributed by atoms with Crippen LogP contribution in [0.15, 0.2) is 0 Å². The molecule has 0 aromatic rings. The van der Waals surface area contributed by atoms with Gasteiger partial charge in [0.05, 0.1) is 0 Å². The van der Waals surface area contributed by atoms with Crippen molar-refractivity contribution in [1.29, 1.82) is 0 Å². The first kappa shape index (κ1) is 20.4. The fourth-order valence-electron chi connectivity index (χ4n) is 0. The van der Waals surface area contributed by atoms with E-state index in [1.54, 1.807) is 0 Å². The van der Waals surface area contributed by atoms with Crippen LogP contribution in [0.2, 0.25) is 0 Å². The van der Waals surface area contributed by atoms with E-state index in [4.69, 9.17) is 23.1 Å². The van der Waals surface area contributed by atoms with Gasteiger partial charge in [-0.15, -0.1) is 0 Å². The van der Waals surface area contributed by atoms with Crippen LogP contribution in [0.3, 0.4) is 0 Å². The number of hydrogen-bond acceptors (Lipinski definition) is 3. The molecule has 0 fully saturated rings. The maximum absolute atomic E-state index is 10.6. The Labute approximate surface area is 94.8 Å². The van der Waals surface area contributed by atoms with Crippen molar-refractivity contribution >= 4 is 11.9 Å². The van der Waals surface area contributed by atoms with Gasteiger partial charge in [-0.2, -0.15) is 26.3 Å². The van der Waals surface area contributed by atoms with Crippen molar-refractivity contribution in [1.82, 2.24) is 0 Å². The van der Waals surface area contributed by atoms with E-state index >= 15 is 0 Å². The minimum atomic E-state index is -5.08. The molecule has 0 rings (SSSR count). The molecule has 0 aromatic carbocycles. The Bertz CT molecular complexity index is 210. The maximum atomic E-state index is 10.6. The SMILES string of the molecule is O=C(O)C(F)(F)F.O=C(O)C(F)(F)F.[O]=[Ti]. The Morgan fingerprint density at radius 1 is 0.750 bits per heavy atom. The first-order chi connectivity index (χ1) is 6.89. The van der Waals surface area contributed by atoms with Crippen LogP contribution < -0.4 is 0 Å². The molecule has 5 nitrogen and oxygen atoms in total. The van der Waals surface area contributed by atoms with Crippen LogP contribution in [0.4, 0.5) is 26.3 Å². The summed E-state index contributed by atoms with van der Waals surface area (Å²) in [6.45, 7) is 0. The van der Waals surface area contributed by atoms with Gasteiger partial charge in [-0.25, -0.2) is 9.59 Å². The number of carboxylic acid groups (broad SMARTS) is 2. The second kappa shape index (κ2) is 8.22. The van der Waals surface area contributed by atoms with E-state index in [2.05, 4.69) is 0 Å². The molecule has 0 saturated heterocycles. The van der Waals surface area contributed by atoms with Gasteiger partial charge in [0.1, 0.15) is 0 Å². The van der Waals surface area contributed by atoms with Gasteiger partial charge in [0, 0.05) is 0 Å². The molecule has 0 unspecified atom stereocenters. The summed E-state index contributed by atoms with van der Waals surface area (Å²) < 4.78 is 71.7. The fraction of sp³-hybridized carbons (Fsp3) is 0.500. The topological polar surface area (TPSA) is 91.7 Å². The van der Waals surface area contributed by atoms with E-state index in [0.29, 0.717) is 0 Å². The molecule has 0 spiro atoms. The standard InChI is InChI=1S/2C2HF3O2.O.Ti/c2*3-2(4,5)1(6)7;;/h2*(H,6,7);;. The van der Waals surface area contributed by atoms with E-state index in [0.717, 1.165) is 20.4 Å². The number of carboxylic acids is 2. The summed E-state index contributed by atoms with van der Waals surface area (Å²) in [7, 11) is 0. The van der Waals surface area contributed by atoms with Gasteiger partial charge in [0.25, 0.3) is 0 Å². The van der Waals surface area contributed by atoms with E-state index in [1.807, 2.05) is 0 Å². The summed E-state index contributed by atoms with van der Waals surface area (Å²) in [4.78, 5) is 17.8. The molecule has 12 heteroatoms. The summed E-state index contributed by atoms with van der Waals surface area (Å²) in [5, 5.41) is 14.2. The second-order valence-corrected chi connectivity index (χ2v) is 1.61. The van der Waals surface area contributed by atoms with Crippen molar-refractivity contribution in [3.05, 3.63) is 0 Å². The van der Waals surface area contributed by atoms with Crippen molar-refractivity contribution in [3.8, 4) is 0 Å². The molecule has 0 aliphatic heterocycles. The molecule has 0 aliphatic rings. The van der Waals surface area contributed by atoms with Crippen molar-refractivity contribution < 1.29 is 69.9 Å². The quantitative estimate of drug-likeness (QED) is 0.516. The Morgan fingerprint density at radius 2 is 0.812 bits per heavy atom. The van der Waals surface area contributed by atoms with E-state index in [-0.39, 0.29) is 0 Å².